The Bertz CT molecular complexity index is 2500. The van der Waals surface area contributed by atoms with Crippen LogP contribution in [0.15, 0.2) is 94.3 Å². The van der Waals surface area contributed by atoms with Crippen molar-refractivity contribution in [1.82, 2.24) is 9.97 Å². The second kappa shape index (κ2) is 32.1. The van der Waals surface area contributed by atoms with Gasteiger partial charge in [0.25, 0.3) is 0 Å². The van der Waals surface area contributed by atoms with Crippen LogP contribution in [0, 0.1) is 34.5 Å². The molecule has 0 saturated carbocycles. The molecule has 79 heavy (non-hydrogen) atoms. The van der Waals surface area contributed by atoms with E-state index in [0.29, 0.717) is 24.6 Å². The summed E-state index contributed by atoms with van der Waals surface area (Å²) >= 11 is 0. The van der Waals surface area contributed by atoms with E-state index in [2.05, 4.69) is 155 Å². The molecule has 0 fully saturated rings. The number of allylic oxidation sites excluding steroid dienone is 8. The number of carbonyl (C=O) groups is 2. The maximum absolute atomic E-state index is 14.0. The summed E-state index contributed by atoms with van der Waals surface area (Å²) in [7, 11) is -1.90. The number of aromatic nitrogens is 2. The second-order valence-electron chi connectivity index (χ2n) is 24.3. The minimum atomic E-state index is -2.29. The van der Waals surface area contributed by atoms with Gasteiger partial charge in [0, 0.05) is 37.9 Å². The summed E-state index contributed by atoms with van der Waals surface area (Å²) in [4.78, 5) is 34.5. The first-order valence-electron chi connectivity index (χ1n) is 28.0. The first kappa shape index (κ1) is 70.5. The fourth-order valence-electron chi connectivity index (χ4n) is 7.90. The molecule has 440 valence electrons. The smallest absolute Gasteiger partial charge is 0.360 e. The Balaban J connectivity index is 2.34. The third-order valence-corrected chi connectivity index (χ3v) is 29.5. The Hall–Kier alpha value is -4.63. The van der Waals surface area contributed by atoms with Gasteiger partial charge in [0.2, 0.25) is 0 Å². The quantitative estimate of drug-likeness (QED) is 0.0240. The van der Waals surface area contributed by atoms with Gasteiger partial charge in [-0.3, -0.25) is 0 Å². The van der Waals surface area contributed by atoms with Gasteiger partial charge in [-0.15, -0.1) is 0 Å². The van der Waals surface area contributed by atoms with Crippen molar-refractivity contribution in [3.05, 3.63) is 109 Å². The van der Waals surface area contributed by atoms with Crippen LogP contribution in [-0.4, -0.2) is 105 Å². The number of ether oxygens (including phenoxy) is 4. The van der Waals surface area contributed by atoms with Crippen molar-refractivity contribution in [3.8, 4) is 23.7 Å². The van der Waals surface area contributed by atoms with Crippen LogP contribution >= 0.6 is 0 Å². The molecule has 2 aromatic rings. The van der Waals surface area contributed by atoms with E-state index in [0.717, 1.165) is 18.1 Å². The van der Waals surface area contributed by atoms with Crippen LogP contribution in [0.1, 0.15) is 149 Å². The maximum Gasteiger partial charge on any atom is 0.360 e. The highest BCUT2D eigenvalue weighted by Crippen LogP contribution is 2.44. The molecule has 6 atom stereocenters. The van der Waals surface area contributed by atoms with Crippen molar-refractivity contribution in [1.29, 1.82) is 0 Å². The Morgan fingerprint density at radius 3 is 1.34 bits per heavy atom. The van der Waals surface area contributed by atoms with E-state index in [9.17, 15) is 9.59 Å². The molecule has 0 aliphatic heterocycles. The fraction of sp³-hybridized carbons (Fsp3) is 0.619. The predicted molar refractivity (Wildman–Crippen MR) is 327 cm³/mol. The van der Waals surface area contributed by atoms with Gasteiger partial charge in [-0.1, -0.05) is 174 Å². The molecule has 0 unspecified atom stereocenters. The minimum absolute atomic E-state index is 0.0421. The number of hydrogen-bond donors (Lipinski definition) is 0. The van der Waals surface area contributed by atoms with Crippen LogP contribution in [0.4, 0.5) is 0 Å². The normalized spacial score (nSPS) is 15.9. The molecule has 0 radical (unpaired) electrons. The van der Waals surface area contributed by atoms with Gasteiger partial charge in [0.05, 0.1) is 50.5 Å². The van der Waals surface area contributed by atoms with Gasteiger partial charge >= 0.3 is 11.9 Å². The number of oxazole rings is 2. The molecular weight excluding hydrogens is 1040 g/mol. The van der Waals surface area contributed by atoms with Crippen LogP contribution in [-0.2, 0) is 45.1 Å². The van der Waals surface area contributed by atoms with Gasteiger partial charge < -0.3 is 41.1 Å². The van der Waals surface area contributed by atoms with Gasteiger partial charge in [-0.25, -0.2) is 19.6 Å². The fourth-order valence-corrected chi connectivity index (χ4v) is 13.6. The topological polar surface area (TPSA) is 151 Å². The van der Waals surface area contributed by atoms with Crippen molar-refractivity contribution in [2.45, 2.75) is 221 Å². The zero-order chi connectivity index (χ0) is 59.9. The van der Waals surface area contributed by atoms with E-state index in [1.54, 1.807) is 32.4 Å². The highest BCUT2D eigenvalue weighted by molar-refractivity contribution is 6.74. The second-order valence-corrected chi connectivity index (χ2v) is 38.5. The minimum Gasteiger partial charge on any atom is -0.464 e. The van der Waals surface area contributed by atoms with Gasteiger partial charge in [0.1, 0.15) is 18.6 Å². The monoisotopic (exact) mass is 1140 g/mol. The SMILES string of the molecule is C/C=C/[C@@H](O[Si](C)(C)C(C)(C)C)C(C)(C)[C@H](CC#C/C=C\C=C\[C@H](Cc1nc(C(=O)OC)co1)OC)OC(=O)c1coc(C[C@@H](/C=C/C=C\C#CC[C@H](O[Si](CC)(CC)CC)C(C)(C)[C@@H](/C=C/C)O[Si](C)(C)C(C)(C)C)OC)n1. The third kappa shape index (κ3) is 21.7. The first-order chi connectivity index (χ1) is 36.9. The van der Waals surface area contributed by atoms with E-state index < -0.39 is 60.6 Å². The van der Waals surface area contributed by atoms with Crippen molar-refractivity contribution in [2.75, 3.05) is 21.3 Å². The lowest BCUT2D eigenvalue weighted by Crippen LogP contribution is -2.53. The molecule has 13 nitrogen and oxygen atoms in total. The van der Waals surface area contributed by atoms with E-state index in [-0.39, 0.29) is 58.0 Å². The molecular formula is C63H100N2O11Si3. The van der Waals surface area contributed by atoms with Crippen molar-refractivity contribution in [3.63, 3.8) is 0 Å². The van der Waals surface area contributed by atoms with Crippen LogP contribution in [0.25, 0.3) is 0 Å². The standard InChI is InChI=1S/C63H100N2O11Si3/c1-23-38-53(74-77(19,20)60(6,7)8)62(12,13)52(42-36-32-28-30-34-40-48(68-16)44-56-64-50(46-71-56)58(66)70-18)73-59(67)51-47-72-57(65-51)45-49(69-17)41-35-31-29-33-37-43-55(76-79(25-3,26-4)27-5)63(14,15)54(39-24-2)75-78(21,22)61(9,10)11/h23-24,28-31,34-35,38-41,46-49,52-55H,25-27,42-45H2,1-22H3/b30-28-,31-29-,38-23+,39-24+,40-34+,41-35+/t48-,49-,52+,53-,54-,55+/m1/s1. The lowest BCUT2D eigenvalue weighted by molar-refractivity contribution is -0.0411. The van der Waals surface area contributed by atoms with Crippen LogP contribution in [0.2, 0.25) is 54.4 Å². The van der Waals surface area contributed by atoms with Crippen LogP contribution in [0.5, 0.6) is 0 Å². The molecule has 2 rings (SSSR count). The molecule has 0 saturated heterocycles. The number of carbonyl (C=O) groups excluding carboxylic acids is 2. The number of rotatable bonds is 30. The summed E-state index contributed by atoms with van der Waals surface area (Å²) in [6, 6.07) is 3.16. The predicted octanol–water partition coefficient (Wildman–Crippen LogP) is 15.2. The molecule has 0 amide bonds. The Morgan fingerprint density at radius 1 is 0.582 bits per heavy atom. The molecule has 0 aliphatic rings. The van der Waals surface area contributed by atoms with E-state index >= 15 is 0 Å². The zero-order valence-corrected chi connectivity index (χ0v) is 55.4. The van der Waals surface area contributed by atoms with Gasteiger partial charge in [-0.2, -0.15) is 0 Å². The molecule has 0 bridgehead atoms. The number of methoxy groups -OCH3 is 3. The Kier molecular flexibility index (Phi) is 28.7. The van der Waals surface area contributed by atoms with Crippen LogP contribution in [0.3, 0.4) is 0 Å². The summed E-state index contributed by atoms with van der Waals surface area (Å²) in [5, 5.41) is 0.00400. The van der Waals surface area contributed by atoms with Gasteiger partial charge in [0.15, 0.2) is 48.1 Å². The van der Waals surface area contributed by atoms with E-state index in [1.165, 1.54) is 19.6 Å². The first-order valence-corrected chi connectivity index (χ1v) is 36.4. The molecule has 16 heteroatoms. The average Bonchev–Trinajstić information content (AvgIpc) is 4.09. The summed E-state index contributed by atoms with van der Waals surface area (Å²) < 4.78 is 55.0. The highest BCUT2D eigenvalue weighted by atomic mass is 28.4. The number of hydrogen-bond acceptors (Lipinski definition) is 13. The lowest BCUT2D eigenvalue weighted by atomic mass is 9.79. The summed E-state index contributed by atoms with van der Waals surface area (Å²) in [6.07, 6.45) is 24.8. The summed E-state index contributed by atoms with van der Waals surface area (Å²) in [5.74, 6) is 12.5. The van der Waals surface area contributed by atoms with E-state index in [1.807, 2.05) is 63.3 Å². The summed E-state index contributed by atoms with van der Waals surface area (Å²) in [5.41, 5.74) is -0.922. The molecule has 0 N–H and O–H groups in total. The average molecular weight is 1150 g/mol. The third-order valence-electron chi connectivity index (χ3n) is 16.0. The van der Waals surface area contributed by atoms with Crippen molar-refractivity contribution in [2.24, 2.45) is 10.8 Å². The summed E-state index contributed by atoms with van der Waals surface area (Å²) in [6.45, 7) is 41.9. The number of esters is 2. The molecule has 0 spiro atoms. The highest BCUT2D eigenvalue weighted by Gasteiger charge is 2.48. The molecule has 2 aromatic heterocycles. The largest absolute Gasteiger partial charge is 0.464 e. The van der Waals surface area contributed by atoms with E-state index in [4.69, 9.17) is 41.1 Å². The molecule has 2 heterocycles. The Labute approximate surface area is 480 Å². The molecule has 0 aliphatic carbocycles. The lowest BCUT2D eigenvalue weighted by Gasteiger charge is -2.47. The maximum atomic E-state index is 14.0. The zero-order valence-electron chi connectivity index (χ0n) is 52.4. The van der Waals surface area contributed by atoms with Crippen molar-refractivity contribution < 1.29 is 50.6 Å². The van der Waals surface area contributed by atoms with Crippen molar-refractivity contribution >= 4 is 36.9 Å². The molecule has 0 aromatic carbocycles. The number of nitrogens with zero attached hydrogens (tertiary/aromatic N) is 2. The van der Waals surface area contributed by atoms with Gasteiger partial charge in [-0.05, 0) is 80.4 Å². The Morgan fingerprint density at radius 2 is 0.975 bits per heavy atom. The van der Waals surface area contributed by atoms with Crippen LogP contribution < -0.4 is 0 Å².